The minimum atomic E-state index is 0.0769. The van der Waals surface area contributed by atoms with Crippen molar-refractivity contribution in [1.29, 1.82) is 0 Å². The Morgan fingerprint density at radius 3 is 2.53 bits per heavy atom. The fraction of sp³-hybridized carbons (Fsp3) is 0.167. The number of halogens is 3. The summed E-state index contributed by atoms with van der Waals surface area (Å²) in [7, 11) is 1.91. The van der Waals surface area contributed by atoms with Gasteiger partial charge in [0.15, 0.2) is 0 Å². The Kier molecular flexibility index (Phi) is 4.50. The first-order valence-corrected chi connectivity index (χ1v) is 7.41. The van der Waals surface area contributed by atoms with Gasteiger partial charge in [-0.1, -0.05) is 29.3 Å². The Balaban J connectivity index is 2.42. The van der Waals surface area contributed by atoms with Gasteiger partial charge >= 0.3 is 0 Å². The van der Waals surface area contributed by atoms with E-state index in [1.807, 2.05) is 36.7 Å². The molecule has 90 valence electrons. The Morgan fingerprint density at radius 1 is 1.24 bits per heavy atom. The third kappa shape index (κ3) is 2.85. The molecule has 1 heterocycles. The zero-order valence-corrected chi connectivity index (χ0v) is 12.9. The molecule has 0 fully saturated rings. The van der Waals surface area contributed by atoms with Gasteiger partial charge in [0.25, 0.3) is 0 Å². The lowest BCUT2D eigenvalue weighted by Gasteiger charge is -2.16. The molecule has 1 unspecified atom stereocenters. The fourth-order valence-corrected chi connectivity index (χ4v) is 3.39. The van der Waals surface area contributed by atoms with Gasteiger partial charge in [0.05, 0.1) is 16.1 Å². The van der Waals surface area contributed by atoms with Crippen LogP contribution in [0.3, 0.4) is 0 Å². The summed E-state index contributed by atoms with van der Waals surface area (Å²) >= 11 is 17.3. The molecule has 0 aliphatic rings. The van der Waals surface area contributed by atoms with E-state index in [-0.39, 0.29) is 6.04 Å². The van der Waals surface area contributed by atoms with Crippen molar-refractivity contribution in [2.75, 3.05) is 7.05 Å². The van der Waals surface area contributed by atoms with E-state index < -0.39 is 0 Å². The van der Waals surface area contributed by atoms with Crippen molar-refractivity contribution in [3.8, 4) is 0 Å². The third-order valence-electron chi connectivity index (χ3n) is 2.47. The molecule has 5 heteroatoms. The molecule has 1 nitrogen and oxygen atoms in total. The van der Waals surface area contributed by atoms with Crippen LogP contribution in [0.15, 0.2) is 34.1 Å². The van der Waals surface area contributed by atoms with Gasteiger partial charge < -0.3 is 5.32 Å². The lowest BCUT2D eigenvalue weighted by molar-refractivity contribution is 0.704. The molecule has 1 aromatic heterocycles. The van der Waals surface area contributed by atoms with Crippen molar-refractivity contribution in [3.05, 3.63) is 54.6 Å². The van der Waals surface area contributed by atoms with Gasteiger partial charge in [-0.15, -0.1) is 11.3 Å². The molecule has 0 amide bonds. The summed E-state index contributed by atoms with van der Waals surface area (Å²) in [6, 6.07) is 7.92. The summed E-state index contributed by atoms with van der Waals surface area (Å²) in [5.74, 6) is 0. The molecule has 0 saturated carbocycles. The largest absolute Gasteiger partial charge is 0.309 e. The van der Waals surface area contributed by atoms with Crippen LogP contribution in [-0.4, -0.2) is 7.05 Å². The van der Waals surface area contributed by atoms with E-state index in [1.54, 1.807) is 11.3 Å². The van der Waals surface area contributed by atoms with Gasteiger partial charge in [0, 0.05) is 9.35 Å². The second kappa shape index (κ2) is 5.72. The molecular formula is C12H10BrCl2NS. The minimum Gasteiger partial charge on any atom is -0.309 e. The van der Waals surface area contributed by atoms with Crippen LogP contribution in [0, 0.1) is 0 Å². The molecular weight excluding hydrogens is 341 g/mol. The van der Waals surface area contributed by atoms with Crippen molar-refractivity contribution in [2.45, 2.75) is 6.04 Å². The predicted octanol–water partition coefficient (Wildman–Crippen LogP) is 5.13. The molecule has 0 saturated heterocycles. The fourth-order valence-electron chi connectivity index (χ4n) is 1.65. The SMILES string of the molecule is CNC(c1ccc(Br)c(Cl)c1)c1sccc1Cl. The van der Waals surface area contributed by atoms with E-state index in [9.17, 15) is 0 Å². The summed E-state index contributed by atoms with van der Waals surface area (Å²) in [4.78, 5) is 1.10. The highest BCUT2D eigenvalue weighted by molar-refractivity contribution is 9.10. The van der Waals surface area contributed by atoms with Crippen molar-refractivity contribution in [1.82, 2.24) is 5.32 Å². The summed E-state index contributed by atoms with van der Waals surface area (Å²) in [6.45, 7) is 0. The highest BCUT2D eigenvalue weighted by atomic mass is 79.9. The second-order valence-electron chi connectivity index (χ2n) is 3.53. The smallest absolute Gasteiger partial charge is 0.0684 e. The van der Waals surface area contributed by atoms with Crippen LogP contribution in [0.5, 0.6) is 0 Å². The molecule has 1 atom stereocenters. The van der Waals surface area contributed by atoms with Crippen LogP contribution in [0.25, 0.3) is 0 Å². The molecule has 0 aliphatic heterocycles. The topological polar surface area (TPSA) is 12.0 Å². The lowest BCUT2D eigenvalue weighted by atomic mass is 10.1. The first-order valence-electron chi connectivity index (χ1n) is 4.98. The van der Waals surface area contributed by atoms with Crippen LogP contribution in [0.2, 0.25) is 10.0 Å². The second-order valence-corrected chi connectivity index (χ2v) is 6.14. The summed E-state index contributed by atoms with van der Waals surface area (Å²) in [6.07, 6.45) is 0. The molecule has 1 aromatic carbocycles. The van der Waals surface area contributed by atoms with Crippen LogP contribution in [-0.2, 0) is 0 Å². The summed E-state index contributed by atoms with van der Waals surface area (Å²) in [5, 5.41) is 6.74. The van der Waals surface area contributed by atoms with Crippen LogP contribution < -0.4 is 5.32 Å². The van der Waals surface area contributed by atoms with Crippen molar-refractivity contribution in [3.63, 3.8) is 0 Å². The van der Waals surface area contributed by atoms with Crippen molar-refractivity contribution >= 4 is 50.5 Å². The number of nitrogens with one attached hydrogen (secondary N) is 1. The van der Waals surface area contributed by atoms with Crippen LogP contribution in [0.4, 0.5) is 0 Å². The first kappa shape index (κ1) is 13.4. The highest BCUT2D eigenvalue weighted by Gasteiger charge is 2.17. The monoisotopic (exact) mass is 349 g/mol. The van der Waals surface area contributed by atoms with Crippen molar-refractivity contribution in [2.24, 2.45) is 0 Å². The Morgan fingerprint density at radius 2 is 2.00 bits per heavy atom. The maximum absolute atomic E-state index is 6.16. The molecule has 2 rings (SSSR count). The van der Waals surface area contributed by atoms with E-state index >= 15 is 0 Å². The molecule has 1 N–H and O–H groups in total. The van der Waals surface area contributed by atoms with Gasteiger partial charge in [-0.25, -0.2) is 0 Å². The number of thiophene rings is 1. The number of hydrogen-bond acceptors (Lipinski definition) is 2. The predicted molar refractivity (Wildman–Crippen MR) is 79.4 cm³/mol. The van der Waals surface area contributed by atoms with E-state index in [4.69, 9.17) is 23.2 Å². The standard InChI is InChI=1S/C12H10BrCl2NS/c1-16-11(12-9(14)4-5-17-12)7-2-3-8(13)10(15)6-7/h2-6,11,16H,1H3. The minimum absolute atomic E-state index is 0.0769. The van der Waals surface area contributed by atoms with Crippen LogP contribution in [0.1, 0.15) is 16.5 Å². The average molecular weight is 351 g/mol. The van der Waals surface area contributed by atoms with Gasteiger partial charge in [-0.3, -0.25) is 0 Å². The van der Waals surface area contributed by atoms with Gasteiger partial charge in [0.2, 0.25) is 0 Å². The summed E-state index contributed by atoms with van der Waals surface area (Å²) in [5.41, 5.74) is 1.10. The van der Waals surface area contributed by atoms with E-state index in [0.29, 0.717) is 5.02 Å². The third-order valence-corrected chi connectivity index (χ3v) is 5.13. The van der Waals surface area contributed by atoms with Gasteiger partial charge in [-0.05, 0) is 52.1 Å². The normalized spacial score (nSPS) is 12.7. The molecule has 2 aromatic rings. The molecule has 0 aliphatic carbocycles. The summed E-state index contributed by atoms with van der Waals surface area (Å²) < 4.78 is 0.898. The number of rotatable bonds is 3. The zero-order valence-electron chi connectivity index (χ0n) is 9.01. The lowest BCUT2D eigenvalue weighted by Crippen LogP contribution is -2.16. The maximum atomic E-state index is 6.16. The first-order chi connectivity index (χ1) is 8.13. The molecule has 17 heavy (non-hydrogen) atoms. The maximum Gasteiger partial charge on any atom is 0.0684 e. The zero-order chi connectivity index (χ0) is 12.4. The Bertz CT molecular complexity index is 527. The number of benzene rings is 1. The molecule has 0 spiro atoms. The highest BCUT2D eigenvalue weighted by Crippen LogP contribution is 2.34. The van der Waals surface area contributed by atoms with E-state index in [2.05, 4.69) is 21.2 Å². The quantitative estimate of drug-likeness (QED) is 0.809. The number of hydrogen-bond donors (Lipinski definition) is 1. The van der Waals surface area contributed by atoms with E-state index in [0.717, 1.165) is 19.9 Å². The van der Waals surface area contributed by atoms with Crippen molar-refractivity contribution < 1.29 is 0 Å². The van der Waals surface area contributed by atoms with E-state index in [1.165, 1.54) is 0 Å². The Labute approximate surface area is 123 Å². The molecule has 0 bridgehead atoms. The molecule has 0 radical (unpaired) electrons. The van der Waals surface area contributed by atoms with Gasteiger partial charge in [-0.2, -0.15) is 0 Å². The van der Waals surface area contributed by atoms with Gasteiger partial charge in [0.1, 0.15) is 0 Å². The Hall–Kier alpha value is -0.0600. The van der Waals surface area contributed by atoms with Crippen LogP contribution >= 0.6 is 50.5 Å². The average Bonchev–Trinajstić information content (AvgIpc) is 2.71.